The molecule has 0 aromatic carbocycles. The first-order valence-corrected chi connectivity index (χ1v) is 4.65. The molecule has 3 nitrogen and oxygen atoms in total. The molecule has 0 radical (unpaired) electrons. The lowest BCUT2D eigenvalue weighted by atomic mass is 9.92. The van der Waals surface area contributed by atoms with E-state index in [0.29, 0.717) is 12.0 Å². The van der Waals surface area contributed by atoms with Crippen LogP contribution in [-0.2, 0) is 0 Å². The number of carbonyl (C=O) groups is 1. The van der Waals surface area contributed by atoms with Crippen molar-refractivity contribution in [2.45, 2.75) is 32.7 Å². The Morgan fingerprint density at radius 3 is 2.75 bits per heavy atom. The normalized spacial score (nSPS) is 30.1. The van der Waals surface area contributed by atoms with Crippen LogP contribution in [0, 0.1) is 5.92 Å². The molecular weight excluding hydrogens is 152 g/mol. The van der Waals surface area contributed by atoms with Gasteiger partial charge in [-0.3, -0.25) is 0 Å². The van der Waals surface area contributed by atoms with Gasteiger partial charge < -0.3 is 10.2 Å². The zero-order valence-corrected chi connectivity index (χ0v) is 8.13. The molecule has 12 heavy (non-hydrogen) atoms. The van der Waals surface area contributed by atoms with Crippen LogP contribution < -0.4 is 5.32 Å². The Labute approximate surface area is 74.1 Å². The van der Waals surface area contributed by atoms with Crippen molar-refractivity contribution < 1.29 is 4.79 Å². The number of hydrogen-bond acceptors (Lipinski definition) is 1. The van der Waals surface area contributed by atoms with Gasteiger partial charge in [-0.05, 0) is 25.7 Å². The van der Waals surface area contributed by atoms with Gasteiger partial charge in [0.2, 0.25) is 0 Å². The van der Waals surface area contributed by atoms with Crippen molar-refractivity contribution in [3.63, 3.8) is 0 Å². The van der Waals surface area contributed by atoms with Crippen molar-refractivity contribution in [3.8, 4) is 0 Å². The molecule has 1 aliphatic heterocycles. The summed E-state index contributed by atoms with van der Waals surface area (Å²) in [6.07, 6.45) is 2.38. The highest BCUT2D eigenvalue weighted by atomic mass is 16.2. The van der Waals surface area contributed by atoms with Gasteiger partial charge in [0.25, 0.3) is 0 Å². The third-order valence-electron chi connectivity index (χ3n) is 2.85. The van der Waals surface area contributed by atoms with Crippen LogP contribution in [0.3, 0.4) is 0 Å². The van der Waals surface area contributed by atoms with E-state index in [4.69, 9.17) is 0 Å². The summed E-state index contributed by atoms with van der Waals surface area (Å²) < 4.78 is 0. The van der Waals surface area contributed by atoms with Crippen LogP contribution >= 0.6 is 0 Å². The highest BCUT2D eigenvalue weighted by molar-refractivity contribution is 5.74. The predicted molar refractivity (Wildman–Crippen MR) is 49.0 cm³/mol. The minimum Gasteiger partial charge on any atom is -0.341 e. The molecule has 0 aromatic heterocycles. The Balaban J connectivity index is 2.57. The number of piperidine rings is 1. The first-order chi connectivity index (χ1) is 5.66. The molecule has 0 aromatic rings. The fourth-order valence-corrected chi connectivity index (χ4v) is 1.77. The third-order valence-corrected chi connectivity index (χ3v) is 2.85. The van der Waals surface area contributed by atoms with E-state index in [-0.39, 0.29) is 6.03 Å². The molecule has 1 aliphatic rings. The Hall–Kier alpha value is -0.730. The van der Waals surface area contributed by atoms with Crippen molar-refractivity contribution in [1.29, 1.82) is 0 Å². The second kappa shape index (κ2) is 3.78. The summed E-state index contributed by atoms with van der Waals surface area (Å²) >= 11 is 0. The lowest BCUT2D eigenvalue weighted by Crippen LogP contribution is -2.49. The molecule has 0 bridgehead atoms. The number of carbonyl (C=O) groups excluding carboxylic acids is 1. The number of amides is 2. The topological polar surface area (TPSA) is 32.3 Å². The van der Waals surface area contributed by atoms with Crippen molar-refractivity contribution in [3.05, 3.63) is 0 Å². The summed E-state index contributed by atoms with van der Waals surface area (Å²) in [6, 6.07) is 0.452. The SMILES string of the molecule is CNC(=O)N1CCCC(C)C1C. The fourth-order valence-electron chi connectivity index (χ4n) is 1.77. The molecule has 1 fully saturated rings. The standard InChI is InChI=1S/C9H18N2O/c1-7-5-4-6-11(8(7)2)9(12)10-3/h7-8H,4-6H2,1-3H3,(H,10,12). The molecular formula is C9H18N2O. The number of nitrogens with zero attached hydrogens (tertiary/aromatic N) is 1. The van der Waals surface area contributed by atoms with E-state index < -0.39 is 0 Å². The Morgan fingerprint density at radius 2 is 2.17 bits per heavy atom. The Kier molecular flexibility index (Phi) is 2.95. The van der Waals surface area contributed by atoms with Crippen LogP contribution in [0.1, 0.15) is 26.7 Å². The van der Waals surface area contributed by atoms with Crippen molar-refractivity contribution in [2.75, 3.05) is 13.6 Å². The zero-order chi connectivity index (χ0) is 9.14. The Morgan fingerprint density at radius 1 is 1.50 bits per heavy atom. The molecule has 2 atom stereocenters. The van der Waals surface area contributed by atoms with Crippen molar-refractivity contribution in [2.24, 2.45) is 5.92 Å². The summed E-state index contributed by atoms with van der Waals surface area (Å²) in [4.78, 5) is 13.3. The Bertz CT molecular complexity index is 170. The minimum absolute atomic E-state index is 0.0639. The molecule has 1 rings (SSSR count). The zero-order valence-electron chi connectivity index (χ0n) is 8.13. The second-order valence-electron chi connectivity index (χ2n) is 3.61. The van der Waals surface area contributed by atoms with Gasteiger partial charge in [0.1, 0.15) is 0 Å². The van der Waals surface area contributed by atoms with Gasteiger partial charge >= 0.3 is 6.03 Å². The van der Waals surface area contributed by atoms with Gasteiger partial charge in [0.05, 0.1) is 0 Å². The highest BCUT2D eigenvalue weighted by Crippen LogP contribution is 2.22. The molecule has 1 N–H and O–H groups in total. The van der Waals surface area contributed by atoms with Gasteiger partial charge in [-0.2, -0.15) is 0 Å². The largest absolute Gasteiger partial charge is 0.341 e. The first kappa shape index (κ1) is 9.36. The van der Waals surface area contributed by atoms with Crippen LogP contribution in [-0.4, -0.2) is 30.6 Å². The lowest BCUT2D eigenvalue weighted by Gasteiger charge is -2.37. The van der Waals surface area contributed by atoms with Gasteiger partial charge in [0.15, 0.2) is 0 Å². The summed E-state index contributed by atoms with van der Waals surface area (Å²) in [5.74, 6) is 0.635. The number of urea groups is 1. The quantitative estimate of drug-likeness (QED) is 0.586. The summed E-state index contributed by atoms with van der Waals surface area (Å²) in [5, 5.41) is 2.67. The van der Waals surface area contributed by atoms with E-state index in [1.54, 1.807) is 7.05 Å². The van der Waals surface area contributed by atoms with E-state index in [2.05, 4.69) is 19.2 Å². The molecule has 1 saturated heterocycles. The van der Waals surface area contributed by atoms with E-state index in [9.17, 15) is 4.79 Å². The minimum atomic E-state index is 0.0639. The lowest BCUT2D eigenvalue weighted by molar-refractivity contribution is 0.130. The maximum atomic E-state index is 11.3. The van der Waals surface area contributed by atoms with Crippen molar-refractivity contribution >= 4 is 6.03 Å². The number of nitrogens with one attached hydrogen (secondary N) is 1. The average Bonchev–Trinajstić information content (AvgIpc) is 2.08. The molecule has 2 amide bonds. The van der Waals surface area contributed by atoms with Gasteiger partial charge in [0, 0.05) is 19.6 Å². The smallest absolute Gasteiger partial charge is 0.317 e. The number of hydrogen-bond donors (Lipinski definition) is 1. The molecule has 0 saturated carbocycles. The van der Waals surface area contributed by atoms with E-state index in [0.717, 1.165) is 13.0 Å². The maximum Gasteiger partial charge on any atom is 0.317 e. The van der Waals surface area contributed by atoms with E-state index >= 15 is 0 Å². The summed E-state index contributed by atoms with van der Waals surface area (Å²) in [7, 11) is 1.69. The van der Waals surface area contributed by atoms with E-state index in [1.165, 1.54) is 6.42 Å². The van der Waals surface area contributed by atoms with Crippen LogP contribution in [0.15, 0.2) is 0 Å². The first-order valence-electron chi connectivity index (χ1n) is 4.65. The van der Waals surface area contributed by atoms with Crippen molar-refractivity contribution in [1.82, 2.24) is 10.2 Å². The molecule has 1 heterocycles. The summed E-state index contributed by atoms with van der Waals surface area (Å²) in [6.45, 7) is 5.24. The number of rotatable bonds is 0. The van der Waals surface area contributed by atoms with E-state index in [1.807, 2.05) is 4.90 Å². The average molecular weight is 170 g/mol. The highest BCUT2D eigenvalue weighted by Gasteiger charge is 2.27. The number of likely N-dealkylation sites (tertiary alicyclic amines) is 1. The second-order valence-corrected chi connectivity index (χ2v) is 3.61. The predicted octanol–water partition coefficient (Wildman–Crippen LogP) is 1.45. The van der Waals surface area contributed by atoms with Crippen LogP contribution in [0.4, 0.5) is 4.79 Å². The summed E-state index contributed by atoms with van der Waals surface area (Å²) in [5.41, 5.74) is 0. The molecule has 70 valence electrons. The molecule has 0 spiro atoms. The van der Waals surface area contributed by atoms with Gasteiger partial charge in [-0.1, -0.05) is 6.92 Å². The maximum absolute atomic E-state index is 11.3. The van der Waals surface area contributed by atoms with Gasteiger partial charge in [-0.25, -0.2) is 4.79 Å². The molecule has 2 unspecified atom stereocenters. The molecule has 3 heteroatoms. The van der Waals surface area contributed by atoms with Crippen LogP contribution in [0.2, 0.25) is 0 Å². The van der Waals surface area contributed by atoms with Crippen LogP contribution in [0.5, 0.6) is 0 Å². The third kappa shape index (κ3) is 1.71. The fraction of sp³-hybridized carbons (Fsp3) is 0.889. The van der Waals surface area contributed by atoms with Crippen LogP contribution in [0.25, 0.3) is 0 Å². The monoisotopic (exact) mass is 170 g/mol. The van der Waals surface area contributed by atoms with Gasteiger partial charge in [-0.15, -0.1) is 0 Å². The molecule has 0 aliphatic carbocycles.